The Morgan fingerprint density at radius 1 is 0.550 bits per heavy atom. The van der Waals surface area contributed by atoms with E-state index >= 15 is 0 Å². The van der Waals surface area contributed by atoms with Crippen LogP contribution in [0.25, 0.3) is 0 Å². The fraction of sp³-hybridized carbons (Fsp3) is 0.0526. The van der Waals surface area contributed by atoms with E-state index in [4.69, 9.17) is 1.37 Å². The molecule has 1 heteroatoms. The molecule has 3 aromatic carbocycles. The molecule has 0 spiro atoms. The number of hydrogen-bond donors (Lipinski definition) is 0. The summed E-state index contributed by atoms with van der Waals surface area (Å²) in [5.74, 6) is 0. The van der Waals surface area contributed by atoms with Crippen LogP contribution < -0.4 is 15.9 Å². The maximum atomic E-state index is 8.38. The van der Waals surface area contributed by atoms with Crippen LogP contribution in [-0.2, 0) is 0 Å². The molecule has 0 radical (unpaired) electrons. The SMILES string of the molecule is [2H]C[PH](c1ccccc1)(c1ccccc1)c1ccccc1. The van der Waals surface area contributed by atoms with Crippen LogP contribution in [0.2, 0.25) is 0 Å². The monoisotopic (exact) mass is 279 g/mol. The molecule has 20 heavy (non-hydrogen) atoms. The van der Waals surface area contributed by atoms with Gasteiger partial charge in [-0.25, -0.2) is 0 Å². The fourth-order valence-corrected chi connectivity index (χ4v) is 5.95. The van der Waals surface area contributed by atoms with Crippen LogP contribution in [0.1, 0.15) is 1.37 Å². The summed E-state index contributed by atoms with van der Waals surface area (Å²) in [6.45, 7) is 0.422. The second kappa shape index (κ2) is 5.61. The Balaban J connectivity index is 2.29. The second-order valence-corrected chi connectivity index (χ2v) is 8.55. The average molecular weight is 279 g/mol. The Hall–Kier alpha value is -1.91. The summed E-state index contributed by atoms with van der Waals surface area (Å²) in [6.07, 6.45) is 0. The summed E-state index contributed by atoms with van der Waals surface area (Å²) in [7, 11) is -2.23. The molecule has 0 saturated carbocycles. The predicted octanol–water partition coefficient (Wildman–Crippen LogP) is 3.34. The minimum absolute atomic E-state index is 0.422. The molecule has 0 aliphatic carbocycles. The van der Waals surface area contributed by atoms with Crippen LogP contribution in [0.3, 0.4) is 0 Å². The summed E-state index contributed by atoms with van der Waals surface area (Å²) in [4.78, 5) is 0. The Kier molecular flexibility index (Phi) is 3.33. The van der Waals surface area contributed by atoms with Gasteiger partial charge in [-0.3, -0.25) is 0 Å². The minimum atomic E-state index is -2.23. The van der Waals surface area contributed by atoms with Crippen molar-refractivity contribution in [2.24, 2.45) is 0 Å². The third-order valence-corrected chi connectivity index (χ3v) is 7.76. The Bertz CT molecular complexity index is 584. The van der Waals surface area contributed by atoms with Gasteiger partial charge < -0.3 is 0 Å². The molecule has 0 unspecified atom stereocenters. The van der Waals surface area contributed by atoms with E-state index in [9.17, 15) is 0 Å². The molecule has 0 N–H and O–H groups in total. The van der Waals surface area contributed by atoms with Crippen molar-refractivity contribution in [3.63, 3.8) is 0 Å². The maximum absolute atomic E-state index is 8.38. The van der Waals surface area contributed by atoms with E-state index in [1.165, 1.54) is 15.9 Å². The Morgan fingerprint density at radius 3 is 1.10 bits per heavy atom. The predicted molar refractivity (Wildman–Crippen MR) is 92.5 cm³/mol. The number of rotatable bonds is 3. The third-order valence-electron chi connectivity index (χ3n) is 3.80. The third kappa shape index (κ3) is 2.28. The standard InChI is InChI=1S/C19H19P/c1-20(17-11-5-2-6-12-17,18-13-7-3-8-14-18)19-15-9-4-10-16-19/h2-16,20H,1H3/i1D. The van der Waals surface area contributed by atoms with Crippen LogP contribution in [0, 0.1) is 0 Å². The van der Waals surface area contributed by atoms with E-state index in [2.05, 4.69) is 72.8 Å². The average Bonchev–Trinajstić information content (AvgIpc) is 2.59. The van der Waals surface area contributed by atoms with Crippen molar-refractivity contribution in [1.29, 1.82) is 0 Å². The van der Waals surface area contributed by atoms with Crippen LogP contribution in [0.15, 0.2) is 91.0 Å². The van der Waals surface area contributed by atoms with Gasteiger partial charge in [0.2, 0.25) is 0 Å². The molecule has 100 valence electrons. The van der Waals surface area contributed by atoms with Gasteiger partial charge in [0.25, 0.3) is 0 Å². The van der Waals surface area contributed by atoms with E-state index in [-0.39, 0.29) is 0 Å². The zero-order chi connectivity index (χ0) is 14.5. The quantitative estimate of drug-likeness (QED) is 0.645. The Morgan fingerprint density at radius 2 is 0.850 bits per heavy atom. The fourth-order valence-electron chi connectivity index (χ4n) is 2.67. The van der Waals surface area contributed by atoms with Gasteiger partial charge in [-0.05, 0) is 0 Å². The van der Waals surface area contributed by atoms with Crippen molar-refractivity contribution < 1.29 is 1.37 Å². The van der Waals surface area contributed by atoms with E-state index in [1.807, 2.05) is 18.2 Å². The summed E-state index contributed by atoms with van der Waals surface area (Å²) >= 11 is 0. The molecule has 0 aliphatic rings. The van der Waals surface area contributed by atoms with Gasteiger partial charge in [0.15, 0.2) is 0 Å². The molecular formula is C19H19P. The summed E-state index contributed by atoms with van der Waals surface area (Å²) < 4.78 is 8.38. The van der Waals surface area contributed by atoms with Gasteiger partial charge in [-0.15, -0.1) is 0 Å². The van der Waals surface area contributed by atoms with Crippen molar-refractivity contribution in [2.75, 3.05) is 6.64 Å². The Labute approximate surface area is 122 Å². The molecule has 0 amide bonds. The molecule has 0 atom stereocenters. The van der Waals surface area contributed by atoms with Crippen molar-refractivity contribution in [2.45, 2.75) is 0 Å². The summed E-state index contributed by atoms with van der Waals surface area (Å²) in [6, 6.07) is 31.7. The van der Waals surface area contributed by atoms with E-state index in [0.717, 1.165) is 0 Å². The first-order chi connectivity index (χ1) is 10.4. The molecule has 3 aromatic rings. The van der Waals surface area contributed by atoms with Crippen molar-refractivity contribution >= 4 is 23.2 Å². The van der Waals surface area contributed by atoms with Crippen LogP contribution in [-0.4, -0.2) is 6.64 Å². The van der Waals surface area contributed by atoms with Crippen LogP contribution >= 0.6 is 7.26 Å². The zero-order valence-corrected chi connectivity index (χ0v) is 12.4. The van der Waals surface area contributed by atoms with E-state index < -0.39 is 7.26 Å². The van der Waals surface area contributed by atoms with Crippen molar-refractivity contribution in [3.8, 4) is 0 Å². The van der Waals surface area contributed by atoms with Crippen LogP contribution in [0.4, 0.5) is 0 Å². The molecular weight excluding hydrogens is 259 g/mol. The van der Waals surface area contributed by atoms with Gasteiger partial charge >= 0.3 is 122 Å². The first-order valence-corrected chi connectivity index (χ1v) is 9.04. The molecule has 3 rings (SSSR count). The molecule has 0 fully saturated rings. The van der Waals surface area contributed by atoms with Crippen LogP contribution in [0.5, 0.6) is 0 Å². The normalized spacial score (nSPS) is 12.7. The van der Waals surface area contributed by atoms with Gasteiger partial charge in [0, 0.05) is 0 Å². The van der Waals surface area contributed by atoms with Crippen molar-refractivity contribution in [3.05, 3.63) is 91.0 Å². The summed E-state index contributed by atoms with van der Waals surface area (Å²) in [5.41, 5.74) is 0. The zero-order valence-electron chi connectivity index (χ0n) is 12.4. The van der Waals surface area contributed by atoms with Gasteiger partial charge in [0.05, 0.1) is 0 Å². The summed E-state index contributed by atoms with van der Waals surface area (Å²) in [5, 5.41) is 3.91. The first-order valence-electron chi connectivity index (χ1n) is 7.54. The molecule has 0 aromatic heterocycles. The van der Waals surface area contributed by atoms with Crippen molar-refractivity contribution in [1.82, 2.24) is 0 Å². The van der Waals surface area contributed by atoms with Gasteiger partial charge in [-0.2, -0.15) is 0 Å². The van der Waals surface area contributed by atoms with Gasteiger partial charge in [0.1, 0.15) is 0 Å². The topological polar surface area (TPSA) is 0 Å². The molecule has 0 nitrogen and oxygen atoms in total. The molecule has 0 bridgehead atoms. The molecule has 0 saturated heterocycles. The second-order valence-electron chi connectivity index (χ2n) is 5.00. The number of hydrogen-bond acceptors (Lipinski definition) is 0. The van der Waals surface area contributed by atoms with E-state index in [0.29, 0.717) is 6.64 Å². The van der Waals surface area contributed by atoms with E-state index in [1.54, 1.807) is 0 Å². The molecule has 0 aliphatic heterocycles. The molecule has 0 heterocycles. The number of benzene rings is 3. The van der Waals surface area contributed by atoms with Gasteiger partial charge in [-0.1, -0.05) is 0 Å². The first kappa shape index (κ1) is 11.9.